The van der Waals surface area contributed by atoms with Gasteiger partial charge in [-0.15, -0.1) is 0 Å². The standard InChI is InChI=1S/C19H19F5N4OS/c1-17-5-15(11-6-26-28(7-11)8-19(22,23)24)29-9-18(17,27-16(25)30-10-17)13-3-2-12(20)4-14(13)21/h2-4,6-7,15H,5,8-10H2,1H3,(H2,25,27)/t15-,17+,18-/m1/s1. The number of hydrogen-bond donors (Lipinski definition) is 1. The second-order valence-electron chi connectivity index (χ2n) is 7.87. The molecule has 1 aromatic carbocycles. The minimum absolute atomic E-state index is 0.0531. The summed E-state index contributed by atoms with van der Waals surface area (Å²) in [5.74, 6) is -0.955. The number of aliphatic imine (C=N–C) groups is 1. The zero-order valence-electron chi connectivity index (χ0n) is 15.9. The summed E-state index contributed by atoms with van der Waals surface area (Å²) < 4.78 is 72.9. The number of rotatable bonds is 3. The van der Waals surface area contributed by atoms with Crippen LogP contribution in [0.2, 0.25) is 0 Å². The maximum atomic E-state index is 14.7. The van der Waals surface area contributed by atoms with Crippen LogP contribution in [-0.2, 0) is 16.8 Å². The number of thioether (sulfide) groups is 1. The van der Waals surface area contributed by atoms with Crippen LogP contribution in [0.1, 0.15) is 30.6 Å². The number of fused-ring (bicyclic) bond motifs is 1. The molecule has 0 unspecified atom stereocenters. The predicted octanol–water partition coefficient (Wildman–Crippen LogP) is 4.15. The van der Waals surface area contributed by atoms with E-state index in [-0.39, 0.29) is 17.3 Å². The van der Waals surface area contributed by atoms with Crippen molar-refractivity contribution in [2.75, 3.05) is 12.4 Å². The zero-order valence-corrected chi connectivity index (χ0v) is 16.7. The molecular weight excluding hydrogens is 427 g/mol. The summed E-state index contributed by atoms with van der Waals surface area (Å²) in [5, 5.41) is 4.05. The molecule has 162 valence electrons. The molecule has 2 aromatic rings. The fourth-order valence-corrected chi connectivity index (χ4v) is 5.19. The average Bonchev–Trinajstić information content (AvgIpc) is 3.08. The smallest absolute Gasteiger partial charge is 0.379 e. The molecule has 30 heavy (non-hydrogen) atoms. The van der Waals surface area contributed by atoms with E-state index in [9.17, 15) is 22.0 Å². The van der Waals surface area contributed by atoms with E-state index in [1.54, 1.807) is 0 Å². The minimum Gasteiger partial charge on any atom is -0.379 e. The van der Waals surface area contributed by atoms with Crippen molar-refractivity contribution in [3.8, 4) is 0 Å². The lowest BCUT2D eigenvalue weighted by molar-refractivity contribution is -0.142. The van der Waals surface area contributed by atoms with E-state index >= 15 is 0 Å². The molecule has 0 radical (unpaired) electrons. The normalized spacial score (nSPS) is 29.4. The SMILES string of the molecule is C[C@]12CSC(N)=N[C@@]1(c1ccc(F)cc1F)CO[C@@H](c1cnn(CC(F)(F)F)c1)C2. The number of ether oxygens (including phenoxy) is 1. The van der Waals surface area contributed by atoms with E-state index in [0.717, 1.165) is 16.8 Å². The summed E-state index contributed by atoms with van der Waals surface area (Å²) in [6.45, 7) is 0.662. The van der Waals surface area contributed by atoms with Gasteiger partial charge < -0.3 is 10.5 Å². The Labute approximate surface area is 173 Å². The second kappa shape index (κ2) is 7.23. The number of amidine groups is 1. The van der Waals surface area contributed by atoms with Gasteiger partial charge in [0, 0.05) is 34.6 Å². The van der Waals surface area contributed by atoms with Crippen molar-refractivity contribution in [3.63, 3.8) is 0 Å². The molecule has 2 aliphatic heterocycles. The first-order chi connectivity index (χ1) is 14.0. The van der Waals surface area contributed by atoms with Gasteiger partial charge >= 0.3 is 6.18 Å². The Bertz CT molecular complexity index is 994. The third kappa shape index (κ3) is 3.68. The number of nitrogens with zero attached hydrogens (tertiary/aromatic N) is 3. The summed E-state index contributed by atoms with van der Waals surface area (Å²) in [6.07, 6.45) is -1.92. The van der Waals surface area contributed by atoms with Crippen LogP contribution >= 0.6 is 11.8 Å². The Morgan fingerprint density at radius 3 is 2.80 bits per heavy atom. The van der Waals surface area contributed by atoms with Crippen LogP contribution < -0.4 is 5.73 Å². The predicted molar refractivity (Wildman–Crippen MR) is 102 cm³/mol. The van der Waals surface area contributed by atoms with Crippen molar-refractivity contribution in [1.82, 2.24) is 9.78 Å². The highest BCUT2D eigenvalue weighted by Crippen LogP contribution is 2.57. The molecule has 1 fully saturated rings. The van der Waals surface area contributed by atoms with Crippen LogP contribution in [-0.4, -0.2) is 33.5 Å². The van der Waals surface area contributed by atoms with Gasteiger partial charge in [-0.2, -0.15) is 18.3 Å². The molecule has 0 aliphatic carbocycles. The number of alkyl halides is 3. The fraction of sp³-hybridized carbons (Fsp3) is 0.474. The van der Waals surface area contributed by atoms with E-state index in [2.05, 4.69) is 10.1 Å². The Morgan fingerprint density at radius 2 is 2.10 bits per heavy atom. The summed E-state index contributed by atoms with van der Waals surface area (Å²) >= 11 is 1.32. The van der Waals surface area contributed by atoms with Crippen molar-refractivity contribution in [2.45, 2.75) is 37.7 Å². The quantitative estimate of drug-likeness (QED) is 0.720. The second-order valence-corrected chi connectivity index (χ2v) is 8.87. The van der Waals surface area contributed by atoms with Gasteiger partial charge in [-0.3, -0.25) is 4.68 Å². The third-order valence-electron chi connectivity index (χ3n) is 5.71. The first-order valence-corrected chi connectivity index (χ1v) is 10.1. The number of hydrogen-bond acceptors (Lipinski definition) is 5. The Morgan fingerprint density at radius 1 is 1.33 bits per heavy atom. The van der Waals surface area contributed by atoms with Gasteiger partial charge in [0.05, 0.1) is 18.9 Å². The highest BCUT2D eigenvalue weighted by atomic mass is 32.2. The fourth-order valence-electron chi connectivity index (χ4n) is 4.15. The van der Waals surface area contributed by atoms with E-state index in [0.29, 0.717) is 17.7 Å². The minimum atomic E-state index is -4.38. The van der Waals surface area contributed by atoms with Gasteiger partial charge in [0.1, 0.15) is 23.7 Å². The van der Waals surface area contributed by atoms with Gasteiger partial charge in [-0.25, -0.2) is 13.8 Å². The lowest BCUT2D eigenvalue weighted by atomic mass is 9.63. The molecule has 5 nitrogen and oxygen atoms in total. The van der Waals surface area contributed by atoms with Crippen molar-refractivity contribution < 1.29 is 26.7 Å². The molecule has 3 atom stereocenters. The van der Waals surface area contributed by atoms with Crippen LogP contribution in [0.15, 0.2) is 35.6 Å². The highest BCUT2D eigenvalue weighted by molar-refractivity contribution is 8.13. The van der Waals surface area contributed by atoms with Crippen LogP contribution in [0, 0.1) is 17.0 Å². The van der Waals surface area contributed by atoms with Gasteiger partial charge in [0.25, 0.3) is 0 Å². The van der Waals surface area contributed by atoms with Crippen LogP contribution in [0.4, 0.5) is 22.0 Å². The van der Waals surface area contributed by atoms with E-state index in [4.69, 9.17) is 10.5 Å². The van der Waals surface area contributed by atoms with E-state index < -0.39 is 41.4 Å². The van der Waals surface area contributed by atoms with E-state index in [1.807, 2.05) is 6.92 Å². The Balaban J connectivity index is 1.68. The zero-order chi connectivity index (χ0) is 21.7. The molecule has 0 saturated carbocycles. The van der Waals surface area contributed by atoms with Crippen LogP contribution in [0.3, 0.4) is 0 Å². The number of aromatic nitrogens is 2. The maximum Gasteiger partial charge on any atom is 0.408 e. The number of nitrogens with two attached hydrogens (primary N) is 1. The maximum absolute atomic E-state index is 14.7. The molecule has 0 spiro atoms. The molecule has 0 amide bonds. The summed E-state index contributed by atoms with van der Waals surface area (Å²) in [7, 11) is 0. The van der Waals surface area contributed by atoms with Crippen LogP contribution in [0.5, 0.6) is 0 Å². The molecule has 1 aromatic heterocycles. The lowest BCUT2D eigenvalue weighted by Gasteiger charge is -2.53. The van der Waals surface area contributed by atoms with Crippen molar-refractivity contribution in [2.24, 2.45) is 16.1 Å². The van der Waals surface area contributed by atoms with Crippen LogP contribution in [0.25, 0.3) is 0 Å². The van der Waals surface area contributed by atoms with Gasteiger partial charge in [-0.1, -0.05) is 24.8 Å². The Kier molecular flexibility index (Phi) is 5.08. The number of halogens is 5. The van der Waals surface area contributed by atoms with Gasteiger partial charge in [-0.05, 0) is 12.5 Å². The summed E-state index contributed by atoms with van der Waals surface area (Å²) in [6, 6.07) is 3.31. The number of benzene rings is 1. The topological polar surface area (TPSA) is 65.4 Å². The van der Waals surface area contributed by atoms with Gasteiger partial charge in [0.15, 0.2) is 5.17 Å². The average molecular weight is 446 g/mol. The largest absolute Gasteiger partial charge is 0.408 e. The molecular formula is C19H19F5N4OS. The van der Waals surface area contributed by atoms with E-state index in [1.165, 1.54) is 30.2 Å². The molecule has 1 saturated heterocycles. The molecule has 2 aliphatic rings. The highest BCUT2D eigenvalue weighted by Gasteiger charge is 2.57. The van der Waals surface area contributed by atoms with Gasteiger partial charge in [0.2, 0.25) is 0 Å². The van der Waals surface area contributed by atoms with Crippen molar-refractivity contribution in [3.05, 3.63) is 53.4 Å². The lowest BCUT2D eigenvalue weighted by Crippen LogP contribution is -2.55. The third-order valence-corrected chi connectivity index (χ3v) is 6.88. The monoisotopic (exact) mass is 446 g/mol. The first-order valence-electron chi connectivity index (χ1n) is 9.16. The van der Waals surface area contributed by atoms with Crippen molar-refractivity contribution >= 4 is 16.9 Å². The summed E-state index contributed by atoms with van der Waals surface area (Å²) in [4.78, 5) is 4.55. The molecule has 3 heterocycles. The first kappa shape index (κ1) is 21.1. The summed E-state index contributed by atoms with van der Waals surface area (Å²) in [5.41, 5.74) is 4.82. The molecule has 0 bridgehead atoms. The van der Waals surface area contributed by atoms with Crippen molar-refractivity contribution in [1.29, 1.82) is 0 Å². The molecule has 11 heteroatoms. The molecule has 4 rings (SSSR count). The molecule has 2 N–H and O–H groups in total. The Hall–Kier alpha value is -2.14.